The number of piperidine rings is 1. The molecule has 2 heterocycles. The molecule has 8 nitrogen and oxygen atoms in total. The molecule has 8 heteroatoms. The Bertz CT molecular complexity index is 747. The minimum Gasteiger partial charge on any atom is -0.497 e. The number of imide groups is 1. The molecule has 0 unspecified atom stereocenters. The number of benzene rings is 1. The number of hydrogen-bond acceptors (Lipinski definition) is 4. The van der Waals surface area contributed by atoms with E-state index < -0.39 is 6.09 Å². The standard InChI is InChI=1S/C20H27N3O5/c1-20(2)12-17(24)22(18(25)13-20)23(10-8-21(9-11-23)19(26)27)14-15-4-6-16(28-3)7-5-15/h4-7H,8-14H2,1-3H3/p+1. The first-order valence-electron chi connectivity index (χ1n) is 9.49. The van der Waals surface area contributed by atoms with Gasteiger partial charge in [-0.05, 0) is 29.7 Å². The highest BCUT2D eigenvalue weighted by Gasteiger charge is 2.51. The highest BCUT2D eigenvalue weighted by atomic mass is 16.5. The van der Waals surface area contributed by atoms with Crippen molar-refractivity contribution in [1.82, 2.24) is 9.91 Å². The quantitative estimate of drug-likeness (QED) is 0.628. The Hall–Kier alpha value is -2.61. The molecule has 0 aliphatic carbocycles. The van der Waals surface area contributed by atoms with E-state index in [0.29, 0.717) is 32.5 Å². The third-order valence-electron chi connectivity index (χ3n) is 5.64. The van der Waals surface area contributed by atoms with Crippen LogP contribution in [0.4, 0.5) is 4.79 Å². The largest absolute Gasteiger partial charge is 0.497 e. The van der Waals surface area contributed by atoms with Gasteiger partial charge in [-0.25, -0.2) is 9.39 Å². The van der Waals surface area contributed by atoms with Crippen molar-refractivity contribution in [3.05, 3.63) is 29.8 Å². The number of amides is 3. The number of nitrogens with zero attached hydrogens (tertiary/aromatic N) is 3. The predicted molar refractivity (Wildman–Crippen MR) is 101 cm³/mol. The molecule has 2 saturated heterocycles. The van der Waals surface area contributed by atoms with Crippen LogP contribution in [0.1, 0.15) is 32.3 Å². The van der Waals surface area contributed by atoms with Crippen LogP contribution >= 0.6 is 0 Å². The predicted octanol–water partition coefficient (Wildman–Crippen LogP) is 2.10. The molecule has 152 valence electrons. The van der Waals surface area contributed by atoms with Gasteiger partial charge >= 0.3 is 6.09 Å². The molecule has 1 aromatic rings. The summed E-state index contributed by atoms with van der Waals surface area (Å²) in [6.07, 6.45) is -0.353. The zero-order valence-electron chi connectivity index (χ0n) is 16.7. The number of carbonyl (C=O) groups excluding carboxylic acids is 2. The maximum absolute atomic E-state index is 13.0. The highest BCUT2D eigenvalue weighted by Crippen LogP contribution is 2.36. The molecular weight excluding hydrogens is 362 g/mol. The Kier molecular flexibility index (Phi) is 5.34. The van der Waals surface area contributed by atoms with E-state index >= 15 is 0 Å². The molecular formula is C20H28N3O5+. The van der Waals surface area contributed by atoms with Gasteiger partial charge in [-0.15, -0.1) is 5.01 Å². The van der Waals surface area contributed by atoms with Gasteiger partial charge in [0.1, 0.15) is 25.4 Å². The van der Waals surface area contributed by atoms with Crippen LogP contribution in [-0.2, 0) is 16.1 Å². The van der Waals surface area contributed by atoms with Gasteiger partial charge in [0.2, 0.25) is 0 Å². The van der Waals surface area contributed by atoms with E-state index in [4.69, 9.17) is 4.74 Å². The number of piperazine rings is 1. The topological polar surface area (TPSA) is 87.2 Å². The first-order valence-corrected chi connectivity index (χ1v) is 9.49. The lowest BCUT2D eigenvalue weighted by Crippen LogP contribution is -2.71. The lowest BCUT2D eigenvalue weighted by atomic mass is 9.82. The summed E-state index contributed by atoms with van der Waals surface area (Å²) in [5.74, 6) is 0.370. The lowest BCUT2D eigenvalue weighted by Gasteiger charge is -2.50. The molecule has 2 aliphatic heterocycles. The fourth-order valence-electron chi connectivity index (χ4n) is 4.17. The van der Waals surface area contributed by atoms with Crippen LogP contribution < -0.4 is 4.74 Å². The molecule has 0 spiro atoms. The van der Waals surface area contributed by atoms with E-state index in [9.17, 15) is 19.5 Å². The van der Waals surface area contributed by atoms with E-state index in [1.807, 2.05) is 38.1 Å². The van der Waals surface area contributed by atoms with Crippen LogP contribution in [0.5, 0.6) is 5.75 Å². The van der Waals surface area contributed by atoms with Crippen molar-refractivity contribution in [2.45, 2.75) is 33.2 Å². The van der Waals surface area contributed by atoms with Gasteiger partial charge < -0.3 is 9.84 Å². The van der Waals surface area contributed by atoms with Crippen LogP contribution in [0.2, 0.25) is 0 Å². The fourth-order valence-corrected chi connectivity index (χ4v) is 4.17. The van der Waals surface area contributed by atoms with Gasteiger partial charge in [-0.2, -0.15) is 0 Å². The number of quaternary nitrogens is 1. The molecule has 2 fully saturated rings. The van der Waals surface area contributed by atoms with Crippen LogP contribution in [0, 0.1) is 5.41 Å². The summed E-state index contributed by atoms with van der Waals surface area (Å²) in [6, 6.07) is 7.54. The normalized spacial score (nSPS) is 21.5. The fraction of sp³-hybridized carbons (Fsp3) is 0.550. The third kappa shape index (κ3) is 3.96. The highest BCUT2D eigenvalue weighted by molar-refractivity contribution is 5.97. The van der Waals surface area contributed by atoms with Crippen LogP contribution in [-0.4, -0.2) is 70.8 Å². The van der Waals surface area contributed by atoms with Crippen LogP contribution in [0.3, 0.4) is 0 Å². The molecule has 0 saturated carbocycles. The second-order valence-corrected chi connectivity index (χ2v) is 8.44. The van der Waals surface area contributed by atoms with Crippen LogP contribution in [0.25, 0.3) is 0 Å². The Labute approximate surface area is 164 Å². The molecule has 1 N–H and O–H groups in total. The number of carbonyl (C=O) groups is 3. The molecule has 3 amide bonds. The van der Waals surface area contributed by atoms with Crippen molar-refractivity contribution >= 4 is 17.9 Å². The van der Waals surface area contributed by atoms with Crippen molar-refractivity contribution in [2.24, 2.45) is 5.41 Å². The second kappa shape index (κ2) is 7.43. The van der Waals surface area contributed by atoms with E-state index in [0.717, 1.165) is 11.3 Å². The summed E-state index contributed by atoms with van der Waals surface area (Å²) in [6.45, 7) is 5.65. The van der Waals surface area contributed by atoms with Gasteiger partial charge in [-0.3, -0.25) is 14.5 Å². The first-order chi connectivity index (χ1) is 13.2. The molecule has 0 bridgehead atoms. The zero-order valence-corrected chi connectivity index (χ0v) is 16.7. The number of ether oxygens (including phenoxy) is 1. The summed E-state index contributed by atoms with van der Waals surface area (Å²) < 4.78 is 5.35. The van der Waals surface area contributed by atoms with Gasteiger partial charge in [0.15, 0.2) is 0 Å². The van der Waals surface area contributed by atoms with E-state index in [2.05, 4.69) is 0 Å². The summed E-state index contributed by atoms with van der Waals surface area (Å²) in [5.41, 5.74) is 0.618. The Morgan fingerprint density at radius 1 is 1.11 bits per heavy atom. The minimum atomic E-state index is -0.973. The minimum absolute atomic E-state index is 0.143. The SMILES string of the molecule is COc1ccc(C[N+]2(N3C(=O)CC(C)(C)CC3=O)CCN(C(=O)O)CC2)cc1. The van der Waals surface area contributed by atoms with Gasteiger partial charge in [0.05, 0.1) is 20.2 Å². The molecule has 1 aromatic carbocycles. The van der Waals surface area contributed by atoms with E-state index in [-0.39, 0.29) is 34.9 Å². The summed E-state index contributed by atoms with van der Waals surface area (Å²) in [4.78, 5) is 38.6. The average Bonchev–Trinajstić information content (AvgIpc) is 2.61. The first kappa shape index (κ1) is 20.1. The average molecular weight is 390 g/mol. The van der Waals surface area contributed by atoms with Gasteiger partial charge in [0.25, 0.3) is 11.8 Å². The number of rotatable bonds is 4. The molecule has 2 aliphatic rings. The van der Waals surface area contributed by atoms with Crippen molar-refractivity contribution in [3.8, 4) is 5.75 Å². The summed E-state index contributed by atoms with van der Waals surface area (Å²) in [5, 5.41) is 10.7. The molecule has 0 radical (unpaired) electrons. The molecule has 0 atom stereocenters. The molecule has 28 heavy (non-hydrogen) atoms. The van der Waals surface area contributed by atoms with Crippen molar-refractivity contribution in [2.75, 3.05) is 33.3 Å². The van der Waals surface area contributed by atoms with Gasteiger partial charge in [-0.1, -0.05) is 13.8 Å². The van der Waals surface area contributed by atoms with Gasteiger partial charge in [0, 0.05) is 18.4 Å². The van der Waals surface area contributed by atoms with Crippen molar-refractivity contribution < 1.29 is 28.8 Å². The Morgan fingerprint density at radius 3 is 2.11 bits per heavy atom. The zero-order chi connectivity index (χ0) is 20.5. The monoisotopic (exact) mass is 390 g/mol. The van der Waals surface area contributed by atoms with E-state index in [1.165, 1.54) is 9.91 Å². The van der Waals surface area contributed by atoms with Crippen LogP contribution in [0.15, 0.2) is 24.3 Å². The second-order valence-electron chi connectivity index (χ2n) is 8.44. The molecule has 0 aromatic heterocycles. The molecule has 3 rings (SSSR count). The third-order valence-corrected chi connectivity index (χ3v) is 5.64. The summed E-state index contributed by atoms with van der Waals surface area (Å²) in [7, 11) is 1.60. The lowest BCUT2D eigenvalue weighted by molar-refractivity contribution is -1.03. The number of methoxy groups -OCH3 is 1. The van der Waals surface area contributed by atoms with E-state index in [1.54, 1.807) is 7.11 Å². The maximum Gasteiger partial charge on any atom is 0.407 e. The number of hydrogen-bond donors (Lipinski definition) is 1. The smallest absolute Gasteiger partial charge is 0.407 e. The Balaban J connectivity index is 1.91. The maximum atomic E-state index is 13.0. The number of carboxylic acid groups (broad SMARTS) is 1. The summed E-state index contributed by atoms with van der Waals surface area (Å²) >= 11 is 0. The Morgan fingerprint density at radius 2 is 1.64 bits per heavy atom. The van der Waals surface area contributed by atoms with Crippen molar-refractivity contribution in [3.63, 3.8) is 0 Å². The van der Waals surface area contributed by atoms with Crippen molar-refractivity contribution in [1.29, 1.82) is 0 Å².